The minimum Gasteiger partial charge on any atom is -0.492 e. The van der Waals surface area contributed by atoms with Crippen molar-refractivity contribution < 1.29 is 9.47 Å². The zero-order valence-corrected chi connectivity index (χ0v) is 18.1. The van der Waals surface area contributed by atoms with E-state index in [0.717, 1.165) is 61.5 Å². The van der Waals surface area contributed by atoms with Crippen LogP contribution in [-0.2, 0) is 24.2 Å². The number of aromatic nitrogens is 1. The van der Waals surface area contributed by atoms with E-state index in [1.54, 1.807) is 18.4 Å². The van der Waals surface area contributed by atoms with Gasteiger partial charge in [0.2, 0.25) is 0 Å². The van der Waals surface area contributed by atoms with E-state index in [9.17, 15) is 0 Å². The highest BCUT2D eigenvalue weighted by Crippen LogP contribution is 2.18. The van der Waals surface area contributed by atoms with Crippen LogP contribution in [-0.4, -0.2) is 62.3 Å². The van der Waals surface area contributed by atoms with E-state index in [4.69, 9.17) is 9.47 Å². The largest absolute Gasteiger partial charge is 0.492 e. The number of ether oxygens (including phenoxy) is 2. The number of nitrogens with one attached hydrogen (secondary N) is 2. The molecule has 0 bridgehead atoms. The fourth-order valence-corrected chi connectivity index (χ4v) is 3.85. The first-order valence-electron chi connectivity index (χ1n) is 10.2. The second kappa shape index (κ2) is 11.7. The maximum Gasteiger partial charge on any atom is 0.191 e. The van der Waals surface area contributed by atoms with Crippen molar-refractivity contribution in [3.63, 3.8) is 0 Å². The molecule has 1 aliphatic rings. The lowest BCUT2D eigenvalue weighted by Gasteiger charge is -2.26. The molecule has 0 amide bonds. The van der Waals surface area contributed by atoms with Gasteiger partial charge in [0.15, 0.2) is 5.96 Å². The van der Waals surface area contributed by atoms with Crippen molar-refractivity contribution in [2.45, 2.75) is 26.4 Å². The maximum absolute atomic E-state index is 6.06. The zero-order chi connectivity index (χ0) is 20.3. The molecular formula is C21H31N5O2S. The summed E-state index contributed by atoms with van der Waals surface area (Å²) in [5.74, 6) is 1.66. The lowest BCUT2D eigenvalue weighted by atomic mass is 10.2. The van der Waals surface area contributed by atoms with E-state index >= 15 is 0 Å². The summed E-state index contributed by atoms with van der Waals surface area (Å²) in [5, 5.41) is 7.76. The highest BCUT2D eigenvalue weighted by molar-refractivity contribution is 7.11. The molecule has 1 aliphatic heterocycles. The molecule has 0 spiro atoms. The normalized spacial score (nSPS) is 15.3. The number of aryl methyl sites for hydroxylation is 1. The average molecular weight is 418 g/mol. The number of nitrogens with zero attached hydrogens (tertiary/aromatic N) is 3. The third kappa shape index (κ3) is 6.99. The van der Waals surface area contributed by atoms with Gasteiger partial charge in [0.1, 0.15) is 17.4 Å². The van der Waals surface area contributed by atoms with Crippen LogP contribution in [0.15, 0.2) is 35.5 Å². The van der Waals surface area contributed by atoms with Gasteiger partial charge in [-0.25, -0.2) is 4.98 Å². The van der Waals surface area contributed by atoms with Crippen LogP contribution in [0.4, 0.5) is 0 Å². The predicted molar refractivity (Wildman–Crippen MR) is 118 cm³/mol. The fourth-order valence-electron chi connectivity index (χ4n) is 3.05. The molecule has 2 heterocycles. The number of hydrogen-bond acceptors (Lipinski definition) is 6. The number of thiazole rings is 1. The topological polar surface area (TPSA) is 71.0 Å². The lowest BCUT2D eigenvalue weighted by molar-refractivity contribution is 0.0322. The van der Waals surface area contributed by atoms with Gasteiger partial charge in [-0.1, -0.05) is 25.1 Å². The minimum absolute atomic E-state index is 0.644. The van der Waals surface area contributed by atoms with Crippen LogP contribution in [0.25, 0.3) is 0 Å². The van der Waals surface area contributed by atoms with Crippen molar-refractivity contribution in [2.75, 3.05) is 46.5 Å². The molecule has 0 radical (unpaired) electrons. The van der Waals surface area contributed by atoms with E-state index in [-0.39, 0.29) is 0 Å². The van der Waals surface area contributed by atoms with Gasteiger partial charge in [0.05, 0.1) is 19.8 Å². The number of rotatable bonds is 9. The Morgan fingerprint density at radius 2 is 2.03 bits per heavy atom. The first-order valence-corrected chi connectivity index (χ1v) is 11.0. The Morgan fingerprint density at radius 3 is 2.79 bits per heavy atom. The van der Waals surface area contributed by atoms with Crippen LogP contribution < -0.4 is 15.4 Å². The Kier molecular flexibility index (Phi) is 8.73. The van der Waals surface area contributed by atoms with E-state index in [1.165, 1.54) is 4.88 Å². The molecule has 1 saturated heterocycles. The van der Waals surface area contributed by atoms with Gasteiger partial charge in [0, 0.05) is 49.9 Å². The number of hydrogen-bond donors (Lipinski definition) is 2. The summed E-state index contributed by atoms with van der Waals surface area (Å²) < 4.78 is 11.5. The fraction of sp³-hybridized carbons (Fsp3) is 0.524. The van der Waals surface area contributed by atoms with Gasteiger partial charge in [-0.15, -0.1) is 11.3 Å². The summed E-state index contributed by atoms with van der Waals surface area (Å²) in [7, 11) is 1.78. The van der Waals surface area contributed by atoms with Crippen molar-refractivity contribution in [3.8, 4) is 5.75 Å². The second-order valence-corrected chi connectivity index (χ2v) is 7.96. The van der Waals surface area contributed by atoms with E-state index in [2.05, 4.69) is 38.5 Å². The molecule has 8 heteroatoms. The number of para-hydroxylation sites is 1. The number of aliphatic imine (C=N–C) groups is 1. The lowest BCUT2D eigenvalue weighted by Crippen LogP contribution is -2.38. The molecule has 0 saturated carbocycles. The third-order valence-corrected chi connectivity index (χ3v) is 5.91. The standard InChI is InChI=1S/C21H31N5O2S/c1-3-18-15-23-20(29-18)16-25-21(22-2)24-14-17-6-4-5-7-19(17)28-13-10-26-8-11-27-12-9-26/h4-7,15H,3,8-14,16H2,1-2H3,(H2,22,24,25). The molecule has 2 N–H and O–H groups in total. The summed E-state index contributed by atoms with van der Waals surface area (Å²) >= 11 is 1.73. The molecule has 1 aromatic heterocycles. The molecule has 1 aromatic carbocycles. The molecule has 1 fully saturated rings. The Labute approximate surface area is 177 Å². The Morgan fingerprint density at radius 1 is 1.24 bits per heavy atom. The van der Waals surface area contributed by atoms with Crippen molar-refractivity contribution in [3.05, 3.63) is 45.9 Å². The third-order valence-electron chi connectivity index (χ3n) is 4.77. The molecule has 0 atom stereocenters. The van der Waals surface area contributed by atoms with E-state index in [1.807, 2.05) is 24.4 Å². The Bertz CT molecular complexity index is 774. The summed E-state index contributed by atoms with van der Waals surface area (Å²) in [6.07, 6.45) is 2.97. The number of guanidine groups is 1. The van der Waals surface area contributed by atoms with Gasteiger partial charge in [-0.3, -0.25) is 9.89 Å². The maximum atomic E-state index is 6.06. The van der Waals surface area contributed by atoms with Gasteiger partial charge in [-0.2, -0.15) is 0 Å². The molecule has 7 nitrogen and oxygen atoms in total. The molecule has 0 aliphatic carbocycles. The number of morpholine rings is 1. The van der Waals surface area contributed by atoms with Crippen LogP contribution in [0.2, 0.25) is 0 Å². The SMILES string of the molecule is CCc1cnc(CNC(=NC)NCc2ccccc2OCCN2CCOCC2)s1. The van der Waals surface area contributed by atoms with Gasteiger partial charge < -0.3 is 20.1 Å². The van der Waals surface area contributed by atoms with Gasteiger partial charge in [0.25, 0.3) is 0 Å². The minimum atomic E-state index is 0.644. The average Bonchev–Trinajstić information content (AvgIpc) is 3.24. The molecule has 29 heavy (non-hydrogen) atoms. The summed E-state index contributed by atoms with van der Waals surface area (Å²) in [6.45, 7) is 8.64. The van der Waals surface area contributed by atoms with Crippen molar-refractivity contribution in [1.82, 2.24) is 20.5 Å². The summed E-state index contributed by atoms with van der Waals surface area (Å²) in [5.41, 5.74) is 1.11. The van der Waals surface area contributed by atoms with Gasteiger partial charge >= 0.3 is 0 Å². The summed E-state index contributed by atoms with van der Waals surface area (Å²) in [4.78, 5) is 12.4. The highest BCUT2D eigenvalue weighted by Gasteiger charge is 2.11. The van der Waals surface area contributed by atoms with Crippen LogP contribution in [0, 0.1) is 0 Å². The van der Waals surface area contributed by atoms with Gasteiger partial charge in [-0.05, 0) is 12.5 Å². The summed E-state index contributed by atoms with van der Waals surface area (Å²) in [6, 6.07) is 8.14. The van der Waals surface area contributed by atoms with Crippen LogP contribution >= 0.6 is 11.3 Å². The van der Waals surface area contributed by atoms with Crippen molar-refractivity contribution in [2.24, 2.45) is 4.99 Å². The Hall–Kier alpha value is -2.16. The molecule has 3 rings (SSSR count). The van der Waals surface area contributed by atoms with Crippen molar-refractivity contribution in [1.29, 1.82) is 0 Å². The quantitative estimate of drug-likeness (QED) is 0.482. The van der Waals surface area contributed by atoms with E-state index in [0.29, 0.717) is 19.7 Å². The van der Waals surface area contributed by atoms with E-state index < -0.39 is 0 Å². The van der Waals surface area contributed by atoms with Crippen LogP contribution in [0.3, 0.4) is 0 Å². The first kappa shape index (κ1) is 21.5. The van der Waals surface area contributed by atoms with Crippen molar-refractivity contribution >= 4 is 17.3 Å². The van der Waals surface area contributed by atoms with Crippen LogP contribution in [0.5, 0.6) is 5.75 Å². The monoisotopic (exact) mass is 417 g/mol. The predicted octanol–water partition coefficient (Wildman–Crippen LogP) is 2.28. The molecule has 2 aromatic rings. The number of benzene rings is 1. The second-order valence-electron chi connectivity index (χ2n) is 6.76. The molecule has 0 unspecified atom stereocenters. The van der Waals surface area contributed by atoms with Crippen LogP contribution in [0.1, 0.15) is 22.4 Å². The molecule has 158 valence electrons. The Balaban J connectivity index is 1.46. The highest BCUT2D eigenvalue weighted by atomic mass is 32.1. The zero-order valence-electron chi connectivity index (χ0n) is 17.3. The molecular weight excluding hydrogens is 386 g/mol. The first-order chi connectivity index (χ1) is 14.3. The smallest absolute Gasteiger partial charge is 0.191 e.